The van der Waals surface area contributed by atoms with Gasteiger partial charge >= 0.3 is 11.3 Å². The fourth-order valence-corrected chi connectivity index (χ4v) is 9.99. The number of hydrogen-bond acceptors (Lipinski definition) is 11. The molecule has 14 heteroatoms. The molecular weight excluding hydrogens is 757 g/mol. The van der Waals surface area contributed by atoms with Gasteiger partial charge in [0, 0.05) is 101 Å². The van der Waals surface area contributed by atoms with Crippen molar-refractivity contribution in [3.8, 4) is 0 Å². The minimum atomic E-state index is -1.44. The van der Waals surface area contributed by atoms with E-state index in [1.54, 1.807) is 0 Å². The van der Waals surface area contributed by atoms with E-state index in [1.165, 1.54) is 0 Å². The van der Waals surface area contributed by atoms with E-state index in [9.17, 15) is 19.2 Å². The van der Waals surface area contributed by atoms with Gasteiger partial charge in [-0.2, -0.15) is 0 Å². The van der Waals surface area contributed by atoms with Gasteiger partial charge < -0.3 is 37.5 Å². The average molecular weight is 818 g/mol. The fraction of sp³-hybridized carbons (Fsp3) is 0.545. The highest BCUT2D eigenvalue weighted by atomic mass is 31.2. The maximum absolute atomic E-state index is 13.5. The van der Waals surface area contributed by atoms with Crippen LogP contribution in [0.25, 0.3) is 21.9 Å². The third-order valence-electron chi connectivity index (χ3n) is 11.5. The zero-order valence-corrected chi connectivity index (χ0v) is 36.7. The Balaban J connectivity index is 1.05. The molecule has 2 aromatic carbocycles. The zero-order chi connectivity index (χ0) is 42.0. The summed E-state index contributed by atoms with van der Waals surface area (Å²) in [5.41, 5.74) is 4.29. The van der Waals surface area contributed by atoms with Crippen LogP contribution in [-0.2, 0) is 31.5 Å². The van der Waals surface area contributed by atoms with Crippen molar-refractivity contribution in [1.29, 1.82) is 0 Å². The van der Waals surface area contributed by atoms with Gasteiger partial charge in [-0.05, 0) is 103 Å². The second-order valence-electron chi connectivity index (χ2n) is 16.7. The molecule has 0 radical (unpaired) electrons. The van der Waals surface area contributed by atoms with E-state index in [-0.39, 0.29) is 48.9 Å². The van der Waals surface area contributed by atoms with E-state index in [1.807, 2.05) is 98.0 Å². The highest BCUT2D eigenvalue weighted by Gasteiger charge is 2.36. The molecule has 0 aliphatic carbocycles. The maximum atomic E-state index is 13.5. The predicted molar refractivity (Wildman–Crippen MR) is 231 cm³/mol. The number of fused-ring (bicyclic) bond motifs is 2. The highest BCUT2D eigenvalue weighted by Crippen LogP contribution is 2.50. The number of piperidine rings is 2. The Morgan fingerprint density at radius 3 is 1.36 bits per heavy atom. The lowest BCUT2D eigenvalue weighted by Crippen LogP contribution is -2.44. The highest BCUT2D eigenvalue weighted by molar-refractivity contribution is 7.44. The maximum Gasteiger partial charge on any atom is 0.340 e. The SMILES string of the molecule is Cc1c(CC(=O)N2CCC(OP(OC3CCN(C(=O)Cc4c(C)c5ccc(N(C)C)cc5oc4=O)CC3)N(C(C)C)C(C)C)CC2)c(=O)oc2cc(N(C)C)ccc12. The van der Waals surface area contributed by atoms with Crippen molar-refractivity contribution < 1.29 is 27.5 Å². The summed E-state index contributed by atoms with van der Waals surface area (Å²) >= 11 is 0. The number of amides is 2. The molecule has 0 unspecified atom stereocenters. The molecule has 2 fully saturated rings. The first-order valence-electron chi connectivity index (χ1n) is 20.5. The molecule has 0 N–H and O–H groups in total. The fourth-order valence-electron chi connectivity index (χ4n) is 8.04. The molecule has 0 spiro atoms. The molecule has 4 heterocycles. The average Bonchev–Trinajstić information content (AvgIpc) is 3.17. The number of aryl methyl sites for hydroxylation is 2. The number of nitrogens with zero attached hydrogens (tertiary/aromatic N) is 5. The van der Waals surface area contributed by atoms with Crippen LogP contribution in [0.1, 0.15) is 75.6 Å². The molecule has 13 nitrogen and oxygen atoms in total. The molecule has 2 aromatic heterocycles. The first kappa shape index (κ1) is 43.3. The molecule has 2 amide bonds. The second kappa shape index (κ2) is 18.3. The molecule has 2 aliphatic heterocycles. The van der Waals surface area contributed by atoms with Gasteiger partial charge in [0.05, 0.1) is 36.2 Å². The first-order chi connectivity index (χ1) is 27.5. The summed E-state index contributed by atoms with van der Waals surface area (Å²) in [7, 11) is 6.29. The van der Waals surface area contributed by atoms with Crippen molar-refractivity contribution >= 4 is 53.7 Å². The first-order valence-corrected chi connectivity index (χ1v) is 21.6. The number of likely N-dealkylation sites (tertiary alicyclic amines) is 2. The van der Waals surface area contributed by atoms with Crippen LogP contribution in [0.2, 0.25) is 0 Å². The predicted octanol–water partition coefficient (Wildman–Crippen LogP) is 6.79. The topological polar surface area (TPSA) is 129 Å². The molecule has 0 atom stereocenters. The molecule has 2 aliphatic rings. The second-order valence-corrected chi connectivity index (χ2v) is 18.0. The molecular formula is C44H60N5O8P. The van der Waals surface area contributed by atoms with Crippen LogP contribution in [0, 0.1) is 13.8 Å². The smallest absolute Gasteiger partial charge is 0.340 e. The summed E-state index contributed by atoms with van der Waals surface area (Å²) < 4.78 is 27.3. The van der Waals surface area contributed by atoms with Gasteiger partial charge in [-0.3, -0.25) is 9.59 Å². The van der Waals surface area contributed by atoms with Gasteiger partial charge in [0.1, 0.15) is 11.2 Å². The number of rotatable bonds is 13. The van der Waals surface area contributed by atoms with Crippen molar-refractivity contribution in [2.24, 2.45) is 0 Å². The summed E-state index contributed by atoms with van der Waals surface area (Å²) in [5.74, 6) is -0.196. The lowest BCUT2D eigenvalue weighted by Gasteiger charge is -2.42. The minimum absolute atomic E-state index is 0.0103. The Hall–Kier alpha value is -4.29. The molecule has 6 rings (SSSR count). The van der Waals surface area contributed by atoms with Gasteiger partial charge in [0.25, 0.3) is 8.53 Å². The molecule has 4 aromatic rings. The largest absolute Gasteiger partial charge is 0.422 e. The van der Waals surface area contributed by atoms with Crippen molar-refractivity contribution in [2.75, 3.05) is 64.2 Å². The van der Waals surface area contributed by atoms with E-state index in [0.717, 1.165) is 33.3 Å². The number of carbonyl (C=O) groups excluding carboxylic acids is 2. The van der Waals surface area contributed by atoms with Crippen molar-refractivity contribution in [3.63, 3.8) is 0 Å². The Morgan fingerprint density at radius 2 is 1.03 bits per heavy atom. The molecule has 0 saturated carbocycles. The zero-order valence-electron chi connectivity index (χ0n) is 35.8. The minimum Gasteiger partial charge on any atom is -0.422 e. The summed E-state index contributed by atoms with van der Waals surface area (Å²) in [6, 6.07) is 11.9. The number of benzene rings is 2. The van der Waals surface area contributed by atoms with E-state index in [4.69, 9.17) is 17.9 Å². The third kappa shape index (κ3) is 9.60. The Bertz CT molecular complexity index is 2080. The lowest BCUT2D eigenvalue weighted by molar-refractivity contribution is -0.132. The quantitative estimate of drug-likeness (QED) is 0.104. The van der Waals surface area contributed by atoms with Gasteiger partial charge in [0.15, 0.2) is 0 Å². The van der Waals surface area contributed by atoms with E-state index in [0.29, 0.717) is 74.2 Å². The Morgan fingerprint density at radius 1 is 0.672 bits per heavy atom. The van der Waals surface area contributed by atoms with Crippen LogP contribution >= 0.6 is 8.53 Å². The molecule has 0 bridgehead atoms. The van der Waals surface area contributed by atoms with Crippen LogP contribution in [0.5, 0.6) is 0 Å². The third-order valence-corrected chi connectivity index (χ3v) is 13.8. The summed E-state index contributed by atoms with van der Waals surface area (Å²) in [6.45, 7) is 14.4. The normalized spacial score (nSPS) is 15.8. The van der Waals surface area contributed by atoms with Gasteiger partial charge in [-0.1, -0.05) is 0 Å². The summed E-state index contributed by atoms with van der Waals surface area (Å²) in [5, 5.41) is 1.66. The van der Waals surface area contributed by atoms with E-state index >= 15 is 0 Å². The standard InChI is InChI=1S/C44H60N5O8P/c1-27(2)49(28(3)4)58(56-33-15-19-47(20-16-33)41(50)25-37-29(5)35-13-11-31(45(7)8)23-39(35)54-43(37)52)57-34-17-21-48(22-18-34)42(51)26-38-30(6)36-14-12-32(46(9)10)24-40(36)55-44(38)53/h11-14,23-24,27-28,33-34H,15-22,25-26H2,1-10H3. The Labute approximate surface area is 342 Å². The van der Waals surface area contributed by atoms with Crippen LogP contribution in [-0.4, -0.2) is 105 Å². The van der Waals surface area contributed by atoms with Crippen LogP contribution in [0.15, 0.2) is 54.8 Å². The van der Waals surface area contributed by atoms with Crippen LogP contribution in [0.3, 0.4) is 0 Å². The monoisotopic (exact) mass is 817 g/mol. The van der Waals surface area contributed by atoms with Gasteiger partial charge in [0.2, 0.25) is 11.8 Å². The Kier molecular flexibility index (Phi) is 13.7. The number of anilines is 2. The van der Waals surface area contributed by atoms with E-state index < -0.39 is 19.8 Å². The molecule has 58 heavy (non-hydrogen) atoms. The van der Waals surface area contributed by atoms with Crippen molar-refractivity contribution in [3.05, 3.63) is 79.5 Å². The van der Waals surface area contributed by atoms with Gasteiger partial charge in [-0.15, -0.1) is 0 Å². The molecule has 2 saturated heterocycles. The molecule has 314 valence electrons. The number of hydrogen-bond donors (Lipinski definition) is 0. The van der Waals surface area contributed by atoms with Crippen LogP contribution in [0.4, 0.5) is 11.4 Å². The van der Waals surface area contributed by atoms with Crippen LogP contribution < -0.4 is 21.1 Å². The van der Waals surface area contributed by atoms with E-state index in [2.05, 4.69) is 32.4 Å². The summed E-state index contributed by atoms with van der Waals surface area (Å²) in [4.78, 5) is 60.7. The number of carbonyl (C=O) groups is 2. The van der Waals surface area contributed by atoms with Crippen molar-refractivity contribution in [1.82, 2.24) is 14.5 Å². The lowest BCUT2D eigenvalue weighted by atomic mass is 10.0. The van der Waals surface area contributed by atoms with Crippen molar-refractivity contribution in [2.45, 2.75) is 104 Å². The van der Waals surface area contributed by atoms with Gasteiger partial charge in [-0.25, -0.2) is 14.3 Å². The summed E-state index contributed by atoms with van der Waals surface area (Å²) in [6.07, 6.45) is 2.41.